The molecule has 0 saturated heterocycles. The highest BCUT2D eigenvalue weighted by molar-refractivity contribution is 5.81. The van der Waals surface area contributed by atoms with Gasteiger partial charge < -0.3 is 15.0 Å². The Kier molecular flexibility index (Phi) is 7.21. The van der Waals surface area contributed by atoms with Crippen LogP contribution in [0.5, 0.6) is 5.75 Å². The zero-order chi connectivity index (χ0) is 22.4. The van der Waals surface area contributed by atoms with Gasteiger partial charge in [0.05, 0.1) is 6.54 Å². The number of nitriles is 1. The first kappa shape index (κ1) is 22.9. The number of hydrogen-bond donors (Lipinski definition) is 1. The van der Waals surface area contributed by atoms with E-state index in [9.17, 15) is 18.0 Å². The first-order valence-electron chi connectivity index (χ1n) is 9.05. The van der Waals surface area contributed by atoms with Gasteiger partial charge in [0.2, 0.25) is 11.7 Å². The highest BCUT2D eigenvalue weighted by Gasteiger charge is 2.31. The molecule has 0 atom stereocenters. The van der Waals surface area contributed by atoms with Gasteiger partial charge in [-0.3, -0.25) is 4.79 Å². The van der Waals surface area contributed by atoms with Crippen molar-refractivity contribution < 1.29 is 22.7 Å². The summed E-state index contributed by atoms with van der Waals surface area (Å²) in [7, 11) is 0. The van der Waals surface area contributed by atoms with Crippen LogP contribution in [0, 0.1) is 16.7 Å². The largest absolute Gasteiger partial charge is 0.573 e. The fraction of sp³-hybridized carbons (Fsp3) is 0.400. The number of rotatable bonds is 7. The molecule has 1 aromatic heterocycles. The van der Waals surface area contributed by atoms with E-state index in [2.05, 4.69) is 20.0 Å². The molecule has 30 heavy (non-hydrogen) atoms. The number of aromatic nitrogens is 2. The monoisotopic (exact) mass is 421 g/mol. The lowest BCUT2D eigenvalue weighted by Gasteiger charge is -2.30. The molecule has 0 unspecified atom stereocenters. The van der Waals surface area contributed by atoms with Gasteiger partial charge in [-0.1, -0.05) is 32.9 Å². The highest BCUT2D eigenvalue weighted by Crippen LogP contribution is 2.23. The molecule has 1 aromatic carbocycles. The van der Waals surface area contributed by atoms with Gasteiger partial charge in [-0.2, -0.15) is 5.26 Å². The minimum atomic E-state index is -4.75. The first-order valence-corrected chi connectivity index (χ1v) is 9.05. The fourth-order valence-electron chi connectivity index (χ4n) is 2.61. The van der Waals surface area contributed by atoms with Gasteiger partial charge in [0.25, 0.3) is 0 Å². The van der Waals surface area contributed by atoms with Crippen LogP contribution >= 0.6 is 0 Å². The zero-order valence-electron chi connectivity index (χ0n) is 16.8. The third-order valence-electron chi connectivity index (χ3n) is 3.71. The van der Waals surface area contributed by atoms with Gasteiger partial charge in [-0.15, -0.1) is 13.2 Å². The molecule has 7 nitrogen and oxygen atoms in total. The number of anilines is 1. The maximum atomic E-state index is 12.5. The molecule has 0 spiro atoms. The Bertz CT molecular complexity index is 902. The minimum Gasteiger partial charge on any atom is -0.406 e. The quantitative estimate of drug-likeness (QED) is 0.737. The van der Waals surface area contributed by atoms with Gasteiger partial charge in [0, 0.05) is 19.3 Å². The van der Waals surface area contributed by atoms with Crippen LogP contribution in [-0.2, 0) is 11.3 Å². The summed E-state index contributed by atoms with van der Waals surface area (Å²) in [6.07, 6.45) is -3.29. The number of carbonyl (C=O) groups is 1. The maximum Gasteiger partial charge on any atom is 0.573 e. The van der Waals surface area contributed by atoms with Crippen LogP contribution in [0.15, 0.2) is 36.5 Å². The van der Waals surface area contributed by atoms with Gasteiger partial charge in [-0.05, 0) is 29.2 Å². The van der Waals surface area contributed by atoms with E-state index < -0.39 is 6.36 Å². The normalized spacial score (nSPS) is 11.5. The maximum absolute atomic E-state index is 12.5. The number of nitrogens with zero attached hydrogens (tertiary/aromatic N) is 4. The van der Waals surface area contributed by atoms with Crippen molar-refractivity contribution in [2.45, 2.75) is 33.7 Å². The molecule has 1 amide bonds. The number of nitrogens with one attached hydrogen (secondary N) is 1. The fourth-order valence-corrected chi connectivity index (χ4v) is 2.61. The van der Waals surface area contributed by atoms with Crippen LogP contribution in [0.2, 0.25) is 0 Å². The highest BCUT2D eigenvalue weighted by atomic mass is 19.4. The Balaban J connectivity index is 2.01. The number of ether oxygens (including phenoxy) is 1. The Morgan fingerprint density at radius 3 is 2.43 bits per heavy atom. The molecule has 160 valence electrons. The van der Waals surface area contributed by atoms with Crippen molar-refractivity contribution in [3.05, 3.63) is 47.9 Å². The number of hydrogen-bond acceptors (Lipinski definition) is 6. The number of alkyl halides is 3. The summed E-state index contributed by atoms with van der Waals surface area (Å²) in [6.45, 7) is 6.67. The summed E-state index contributed by atoms with van der Waals surface area (Å²) in [5.41, 5.74) is 0.473. The van der Waals surface area contributed by atoms with E-state index in [0.29, 0.717) is 17.9 Å². The summed E-state index contributed by atoms with van der Waals surface area (Å²) < 4.78 is 40.5. The van der Waals surface area contributed by atoms with Crippen molar-refractivity contribution in [2.75, 3.05) is 18.0 Å². The Hall–Kier alpha value is -3.35. The lowest BCUT2D eigenvalue weighted by atomic mass is 9.96. The summed E-state index contributed by atoms with van der Waals surface area (Å²) in [5.74, 6) is -0.161. The Labute approximate surface area is 172 Å². The van der Waals surface area contributed by atoms with Gasteiger partial charge >= 0.3 is 6.36 Å². The number of carbonyl (C=O) groups excluding carboxylic acids is 1. The van der Waals surface area contributed by atoms with Crippen molar-refractivity contribution in [1.29, 1.82) is 5.26 Å². The second kappa shape index (κ2) is 9.43. The molecule has 2 aromatic rings. The Morgan fingerprint density at radius 2 is 1.87 bits per heavy atom. The topological polar surface area (TPSA) is 91.1 Å². The van der Waals surface area contributed by atoms with Gasteiger partial charge in [0.15, 0.2) is 0 Å². The van der Waals surface area contributed by atoms with E-state index in [-0.39, 0.29) is 36.0 Å². The predicted molar refractivity (Wildman–Crippen MR) is 103 cm³/mol. The third kappa shape index (κ3) is 7.95. The molecule has 10 heteroatoms. The van der Waals surface area contributed by atoms with E-state index >= 15 is 0 Å². The molecule has 1 heterocycles. The van der Waals surface area contributed by atoms with Crippen molar-refractivity contribution in [1.82, 2.24) is 15.3 Å². The van der Waals surface area contributed by atoms with Crippen LogP contribution < -0.4 is 15.0 Å². The minimum absolute atomic E-state index is 0.00554. The van der Waals surface area contributed by atoms with Crippen LogP contribution in [0.3, 0.4) is 0 Å². The molecular formula is C20H22F3N5O2. The van der Waals surface area contributed by atoms with Gasteiger partial charge in [0.1, 0.15) is 17.6 Å². The first-order chi connectivity index (χ1) is 13.9. The van der Waals surface area contributed by atoms with Crippen molar-refractivity contribution in [2.24, 2.45) is 5.41 Å². The van der Waals surface area contributed by atoms with E-state index in [0.717, 1.165) is 0 Å². The lowest BCUT2D eigenvalue weighted by molar-refractivity contribution is -0.274. The number of halogens is 3. The Morgan fingerprint density at radius 1 is 1.20 bits per heavy atom. The third-order valence-corrected chi connectivity index (χ3v) is 3.71. The van der Waals surface area contributed by atoms with Crippen LogP contribution in [0.4, 0.5) is 19.0 Å². The molecule has 0 fully saturated rings. The average molecular weight is 421 g/mol. The zero-order valence-corrected chi connectivity index (χ0v) is 16.8. The smallest absolute Gasteiger partial charge is 0.406 e. The summed E-state index contributed by atoms with van der Waals surface area (Å²) in [6, 6.07) is 8.75. The molecule has 0 aliphatic carbocycles. The number of benzene rings is 1. The van der Waals surface area contributed by atoms with Crippen LogP contribution in [0.1, 0.15) is 32.2 Å². The summed E-state index contributed by atoms with van der Waals surface area (Å²) >= 11 is 0. The van der Waals surface area contributed by atoms with E-state index in [1.54, 1.807) is 11.0 Å². The SMILES string of the molecule is CC(C)(C)CN(CC(=O)NCc1ccc(OC(F)(F)F)cc1)c1ccnc(C#N)n1. The summed E-state index contributed by atoms with van der Waals surface area (Å²) in [4.78, 5) is 22.2. The van der Waals surface area contributed by atoms with Crippen molar-refractivity contribution >= 4 is 11.7 Å². The lowest BCUT2D eigenvalue weighted by Crippen LogP contribution is -2.41. The second-order valence-electron chi connectivity index (χ2n) is 7.74. The van der Waals surface area contributed by atoms with Gasteiger partial charge in [-0.25, -0.2) is 9.97 Å². The second-order valence-corrected chi connectivity index (χ2v) is 7.74. The predicted octanol–water partition coefficient (Wildman–Crippen LogP) is 3.42. The van der Waals surface area contributed by atoms with Crippen molar-refractivity contribution in [3.63, 3.8) is 0 Å². The molecular weight excluding hydrogens is 399 g/mol. The van der Waals surface area contributed by atoms with E-state index in [1.165, 1.54) is 30.5 Å². The number of amides is 1. The van der Waals surface area contributed by atoms with Crippen molar-refractivity contribution in [3.8, 4) is 11.8 Å². The van der Waals surface area contributed by atoms with Crippen LogP contribution in [0.25, 0.3) is 0 Å². The molecule has 0 radical (unpaired) electrons. The summed E-state index contributed by atoms with van der Waals surface area (Å²) in [5, 5.41) is 11.7. The van der Waals surface area contributed by atoms with E-state index in [4.69, 9.17) is 5.26 Å². The van der Waals surface area contributed by atoms with Crippen LogP contribution in [-0.4, -0.2) is 35.3 Å². The molecule has 0 aliphatic rings. The molecule has 1 N–H and O–H groups in total. The standard InChI is InChI=1S/C20H22F3N5O2/c1-19(2,3)13-28(17-8-9-25-16(10-24)27-17)12-18(29)26-11-14-4-6-15(7-5-14)30-20(21,22)23/h4-9H,11-13H2,1-3H3,(H,26,29). The molecule has 0 bridgehead atoms. The van der Waals surface area contributed by atoms with E-state index in [1.807, 2.05) is 26.8 Å². The average Bonchev–Trinajstić information content (AvgIpc) is 2.65. The molecule has 2 rings (SSSR count). The molecule has 0 saturated carbocycles. The molecule has 0 aliphatic heterocycles.